The van der Waals surface area contributed by atoms with E-state index in [9.17, 15) is 9.50 Å². The molecule has 1 fully saturated rings. The van der Waals surface area contributed by atoms with Crippen LogP contribution in [0.25, 0.3) is 0 Å². The van der Waals surface area contributed by atoms with Crippen LogP contribution < -0.4 is 0 Å². The quantitative estimate of drug-likeness (QED) is 0.871. The van der Waals surface area contributed by atoms with Gasteiger partial charge in [0.1, 0.15) is 11.9 Å². The van der Waals surface area contributed by atoms with Crippen molar-refractivity contribution in [3.63, 3.8) is 0 Å². The van der Waals surface area contributed by atoms with Gasteiger partial charge in [0.25, 0.3) is 0 Å². The molecule has 0 bridgehead atoms. The van der Waals surface area contributed by atoms with Gasteiger partial charge in [0.15, 0.2) is 0 Å². The molecule has 1 aliphatic rings. The highest BCUT2D eigenvalue weighted by Gasteiger charge is 2.21. The Balaban J connectivity index is 1.93. The predicted molar refractivity (Wildman–Crippen MR) is 78.2 cm³/mol. The van der Waals surface area contributed by atoms with Crippen molar-refractivity contribution in [1.29, 1.82) is 0 Å². The summed E-state index contributed by atoms with van der Waals surface area (Å²) in [5.41, 5.74) is 3.70. The number of aliphatic hydroxyl groups is 1. The Kier molecular flexibility index (Phi) is 3.58. The topological polar surface area (TPSA) is 20.2 Å². The van der Waals surface area contributed by atoms with Gasteiger partial charge in [0, 0.05) is 0 Å². The maximum absolute atomic E-state index is 13.4. The summed E-state index contributed by atoms with van der Waals surface area (Å²) in [7, 11) is 0. The maximum atomic E-state index is 13.4. The van der Waals surface area contributed by atoms with Crippen molar-refractivity contribution in [2.24, 2.45) is 0 Å². The van der Waals surface area contributed by atoms with Gasteiger partial charge in [-0.3, -0.25) is 0 Å². The molecule has 0 spiro atoms. The summed E-state index contributed by atoms with van der Waals surface area (Å²) < 4.78 is 13.4. The number of benzene rings is 2. The molecule has 0 heterocycles. The van der Waals surface area contributed by atoms with Crippen molar-refractivity contribution >= 4 is 0 Å². The number of hydrogen-bond donors (Lipinski definition) is 1. The minimum Gasteiger partial charge on any atom is -0.384 e. The molecular formula is C18H19FO. The van der Waals surface area contributed by atoms with E-state index in [-0.39, 0.29) is 5.82 Å². The normalized spacial score (nSPS) is 16.8. The van der Waals surface area contributed by atoms with E-state index in [1.54, 1.807) is 6.07 Å². The molecule has 0 amide bonds. The summed E-state index contributed by atoms with van der Waals surface area (Å²) in [5.74, 6) is 0.329. The van der Waals surface area contributed by atoms with Gasteiger partial charge in [-0.15, -0.1) is 0 Å². The lowest BCUT2D eigenvalue weighted by molar-refractivity contribution is 0.218. The van der Waals surface area contributed by atoms with Crippen LogP contribution in [0.5, 0.6) is 0 Å². The monoisotopic (exact) mass is 270 g/mol. The standard InChI is InChI=1S/C18H19FO/c1-12-8-9-16(19)11-17(12)18(20)15-7-3-6-14(10-15)13-4-2-5-13/h3,6-11,13,18,20H,2,4-5H2,1H3. The summed E-state index contributed by atoms with van der Waals surface area (Å²) in [4.78, 5) is 0. The molecule has 3 rings (SSSR count). The highest BCUT2D eigenvalue weighted by Crippen LogP contribution is 2.37. The highest BCUT2D eigenvalue weighted by atomic mass is 19.1. The van der Waals surface area contributed by atoms with Crippen molar-refractivity contribution in [2.45, 2.75) is 38.2 Å². The van der Waals surface area contributed by atoms with Crippen LogP contribution in [0.1, 0.15) is 53.5 Å². The van der Waals surface area contributed by atoms with Gasteiger partial charge in [-0.2, -0.15) is 0 Å². The van der Waals surface area contributed by atoms with E-state index in [1.165, 1.54) is 37.0 Å². The number of aliphatic hydroxyl groups excluding tert-OH is 1. The van der Waals surface area contributed by atoms with Crippen molar-refractivity contribution in [2.75, 3.05) is 0 Å². The lowest BCUT2D eigenvalue weighted by atomic mass is 9.79. The van der Waals surface area contributed by atoms with Gasteiger partial charge in [-0.1, -0.05) is 36.8 Å². The first kappa shape index (κ1) is 13.3. The van der Waals surface area contributed by atoms with Crippen LogP contribution in [0.4, 0.5) is 4.39 Å². The minimum atomic E-state index is -0.759. The van der Waals surface area contributed by atoms with Crippen LogP contribution in [0.15, 0.2) is 42.5 Å². The number of aryl methyl sites for hydroxylation is 1. The van der Waals surface area contributed by atoms with Crippen LogP contribution in [0.2, 0.25) is 0 Å². The largest absolute Gasteiger partial charge is 0.384 e. The van der Waals surface area contributed by atoms with E-state index in [1.807, 2.05) is 19.1 Å². The number of halogens is 1. The molecule has 1 nitrogen and oxygen atoms in total. The molecule has 0 aromatic heterocycles. The molecule has 104 valence electrons. The molecule has 1 atom stereocenters. The minimum absolute atomic E-state index is 0.306. The molecule has 1 unspecified atom stereocenters. The SMILES string of the molecule is Cc1ccc(F)cc1C(O)c1cccc(C2CCC2)c1. The fourth-order valence-corrected chi connectivity index (χ4v) is 2.81. The molecule has 1 saturated carbocycles. The summed E-state index contributed by atoms with van der Waals surface area (Å²) in [5, 5.41) is 10.5. The molecule has 2 heteroatoms. The third kappa shape index (κ3) is 2.48. The van der Waals surface area contributed by atoms with Crippen LogP contribution in [0.3, 0.4) is 0 Å². The second kappa shape index (κ2) is 5.37. The lowest BCUT2D eigenvalue weighted by Gasteiger charge is -2.26. The molecule has 2 aromatic rings. The molecule has 1 N–H and O–H groups in total. The van der Waals surface area contributed by atoms with Gasteiger partial charge in [0.2, 0.25) is 0 Å². The second-order valence-electron chi connectivity index (χ2n) is 5.70. The zero-order chi connectivity index (χ0) is 14.1. The molecule has 0 saturated heterocycles. The van der Waals surface area contributed by atoms with Crippen molar-refractivity contribution < 1.29 is 9.50 Å². The summed E-state index contributed by atoms with van der Waals surface area (Å²) in [6.07, 6.45) is 3.00. The Hall–Kier alpha value is -1.67. The summed E-state index contributed by atoms with van der Waals surface area (Å²) in [6.45, 7) is 1.90. The third-order valence-corrected chi connectivity index (χ3v) is 4.34. The fourth-order valence-electron chi connectivity index (χ4n) is 2.81. The van der Waals surface area contributed by atoms with Crippen LogP contribution in [-0.4, -0.2) is 5.11 Å². The van der Waals surface area contributed by atoms with Gasteiger partial charge >= 0.3 is 0 Å². The van der Waals surface area contributed by atoms with Crippen LogP contribution >= 0.6 is 0 Å². The molecular weight excluding hydrogens is 251 g/mol. The van der Waals surface area contributed by atoms with E-state index in [0.29, 0.717) is 11.5 Å². The first-order chi connectivity index (χ1) is 9.65. The van der Waals surface area contributed by atoms with E-state index < -0.39 is 6.10 Å². The molecule has 20 heavy (non-hydrogen) atoms. The Morgan fingerprint density at radius 1 is 1.15 bits per heavy atom. The van der Waals surface area contributed by atoms with E-state index in [0.717, 1.165) is 11.1 Å². The average molecular weight is 270 g/mol. The van der Waals surface area contributed by atoms with Crippen molar-refractivity contribution in [3.8, 4) is 0 Å². The molecule has 0 aliphatic heterocycles. The van der Waals surface area contributed by atoms with Crippen LogP contribution in [0, 0.1) is 12.7 Å². The number of rotatable bonds is 3. The summed E-state index contributed by atoms with van der Waals surface area (Å²) in [6, 6.07) is 12.7. The van der Waals surface area contributed by atoms with E-state index in [4.69, 9.17) is 0 Å². The van der Waals surface area contributed by atoms with Crippen LogP contribution in [-0.2, 0) is 0 Å². The van der Waals surface area contributed by atoms with E-state index in [2.05, 4.69) is 12.1 Å². The maximum Gasteiger partial charge on any atom is 0.123 e. The Labute approximate surface area is 119 Å². The average Bonchev–Trinajstić information content (AvgIpc) is 2.39. The first-order valence-electron chi connectivity index (χ1n) is 7.19. The Bertz CT molecular complexity index is 617. The van der Waals surface area contributed by atoms with Gasteiger partial charge < -0.3 is 5.11 Å². The van der Waals surface area contributed by atoms with Crippen molar-refractivity contribution in [1.82, 2.24) is 0 Å². The first-order valence-corrected chi connectivity index (χ1v) is 7.19. The van der Waals surface area contributed by atoms with Gasteiger partial charge in [0.05, 0.1) is 0 Å². The fraction of sp³-hybridized carbons (Fsp3) is 0.333. The van der Waals surface area contributed by atoms with E-state index >= 15 is 0 Å². The number of hydrogen-bond acceptors (Lipinski definition) is 1. The smallest absolute Gasteiger partial charge is 0.123 e. The molecule has 1 aliphatic carbocycles. The third-order valence-electron chi connectivity index (χ3n) is 4.34. The van der Waals surface area contributed by atoms with Gasteiger partial charge in [-0.05, 0) is 60.1 Å². The Morgan fingerprint density at radius 2 is 1.95 bits per heavy atom. The lowest BCUT2D eigenvalue weighted by Crippen LogP contribution is -2.10. The molecule has 2 aromatic carbocycles. The Morgan fingerprint density at radius 3 is 2.65 bits per heavy atom. The predicted octanol–water partition coefficient (Wildman–Crippen LogP) is 4.48. The van der Waals surface area contributed by atoms with Crippen molar-refractivity contribution in [3.05, 3.63) is 70.5 Å². The highest BCUT2D eigenvalue weighted by molar-refractivity contribution is 5.38. The zero-order valence-electron chi connectivity index (χ0n) is 11.6. The second-order valence-corrected chi connectivity index (χ2v) is 5.70. The van der Waals surface area contributed by atoms with Gasteiger partial charge in [-0.25, -0.2) is 4.39 Å². The zero-order valence-corrected chi connectivity index (χ0v) is 11.6. The molecule has 0 radical (unpaired) electrons. The summed E-state index contributed by atoms with van der Waals surface area (Å²) >= 11 is 0.